The molecule has 0 spiro atoms. The molecule has 0 aromatic rings. The number of allylic oxidation sites excluding steroid dienone is 2. The summed E-state index contributed by atoms with van der Waals surface area (Å²) in [5.74, 6) is 0.847. The minimum atomic E-state index is -0.253. The minimum absolute atomic E-state index is 0.253. The highest BCUT2D eigenvalue weighted by atomic mass is 16.5. The summed E-state index contributed by atoms with van der Waals surface area (Å²) in [7, 11) is 0. The highest BCUT2D eigenvalue weighted by Gasteiger charge is 2.22. The summed E-state index contributed by atoms with van der Waals surface area (Å²) >= 11 is 0. The molecule has 0 aromatic carbocycles. The largest absolute Gasteiger partial charge is 0.381 e. The zero-order chi connectivity index (χ0) is 14.6. The predicted molar refractivity (Wildman–Crippen MR) is 80.3 cm³/mol. The Morgan fingerprint density at radius 3 is 2.15 bits per heavy atom. The molecule has 20 heavy (non-hydrogen) atoms. The molecule has 4 nitrogen and oxygen atoms in total. The second-order valence-corrected chi connectivity index (χ2v) is 5.54. The third-order valence-electron chi connectivity index (χ3n) is 3.73. The second kappa shape index (κ2) is 10.9. The topological polar surface area (TPSA) is 61.6 Å². The molecule has 2 atom stereocenters. The Kier molecular flexibility index (Phi) is 9.33. The van der Waals surface area contributed by atoms with Crippen molar-refractivity contribution >= 4 is 5.91 Å². The van der Waals surface area contributed by atoms with E-state index in [4.69, 9.17) is 15.2 Å². The molecule has 0 bridgehead atoms. The van der Waals surface area contributed by atoms with E-state index in [2.05, 4.69) is 19.1 Å². The average Bonchev–Trinajstić information content (AvgIpc) is 2.44. The summed E-state index contributed by atoms with van der Waals surface area (Å²) in [6.45, 7) is 5.25. The second-order valence-electron chi connectivity index (χ2n) is 5.54. The number of carbonyl (C=O) groups excluding carboxylic acids is 1. The van der Waals surface area contributed by atoms with Crippen LogP contribution in [0.5, 0.6) is 0 Å². The number of unbranched alkanes of at least 4 members (excludes halogenated alkanes) is 1. The molecule has 116 valence electrons. The maximum atomic E-state index is 10.6. The molecule has 0 fully saturated rings. The summed E-state index contributed by atoms with van der Waals surface area (Å²) in [6.07, 6.45) is 10.1. The van der Waals surface area contributed by atoms with E-state index in [1.165, 1.54) is 6.42 Å². The summed E-state index contributed by atoms with van der Waals surface area (Å²) in [6, 6.07) is 0. The van der Waals surface area contributed by atoms with Crippen molar-refractivity contribution < 1.29 is 14.3 Å². The van der Waals surface area contributed by atoms with Gasteiger partial charge in [-0.2, -0.15) is 0 Å². The number of nitrogens with two attached hydrogens (primary N) is 1. The lowest BCUT2D eigenvalue weighted by atomic mass is 9.84. The van der Waals surface area contributed by atoms with Crippen LogP contribution in [-0.4, -0.2) is 32.3 Å². The van der Waals surface area contributed by atoms with E-state index < -0.39 is 0 Å². The van der Waals surface area contributed by atoms with Gasteiger partial charge in [0.2, 0.25) is 5.91 Å². The number of ether oxygens (including phenoxy) is 2. The van der Waals surface area contributed by atoms with Crippen molar-refractivity contribution in [2.45, 2.75) is 45.4 Å². The first-order chi connectivity index (χ1) is 9.74. The Bertz CT molecular complexity index is 291. The summed E-state index contributed by atoms with van der Waals surface area (Å²) < 4.78 is 11.4. The lowest BCUT2D eigenvalue weighted by Crippen LogP contribution is -2.26. The van der Waals surface area contributed by atoms with Gasteiger partial charge in [0.15, 0.2) is 0 Å². The summed E-state index contributed by atoms with van der Waals surface area (Å²) in [5.41, 5.74) is 5.10. The SMILES string of the molecule is CCCCOC[C@@H]1CC=CCC1COCCCC(N)=O. The van der Waals surface area contributed by atoms with Crippen LogP contribution >= 0.6 is 0 Å². The highest BCUT2D eigenvalue weighted by molar-refractivity contribution is 5.73. The van der Waals surface area contributed by atoms with E-state index in [0.29, 0.717) is 24.9 Å². The molecule has 1 rings (SSSR count). The monoisotopic (exact) mass is 283 g/mol. The summed E-state index contributed by atoms with van der Waals surface area (Å²) in [5, 5.41) is 0. The molecule has 4 heteroatoms. The van der Waals surface area contributed by atoms with Gasteiger partial charge in [-0.3, -0.25) is 4.79 Å². The molecule has 0 radical (unpaired) electrons. The number of hydrogen-bond donors (Lipinski definition) is 1. The average molecular weight is 283 g/mol. The van der Waals surface area contributed by atoms with Crippen LogP contribution in [0.3, 0.4) is 0 Å². The standard InChI is InChI=1S/C16H29NO3/c1-2-3-10-19-12-14-7-4-5-8-15(14)13-20-11-6-9-16(17)18/h4-5,14-15H,2-3,6-13H2,1H3,(H2,17,18)/t14-,15?/m0/s1. The maximum absolute atomic E-state index is 10.6. The molecule has 0 saturated carbocycles. The zero-order valence-electron chi connectivity index (χ0n) is 12.7. The molecule has 1 aliphatic rings. The van der Waals surface area contributed by atoms with Crippen LogP contribution in [0, 0.1) is 11.8 Å². The number of carbonyl (C=O) groups is 1. The van der Waals surface area contributed by atoms with Gasteiger partial charge in [0.25, 0.3) is 0 Å². The molecule has 0 aliphatic heterocycles. The van der Waals surface area contributed by atoms with E-state index >= 15 is 0 Å². The van der Waals surface area contributed by atoms with Gasteiger partial charge in [0.1, 0.15) is 0 Å². The third kappa shape index (κ3) is 7.65. The molecule has 1 aliphatic carbocycles. The van der Waals surface area contributed by atoms with Gasteiger partial charge in [-0.25, -0.2) is 0 Å². The van der Waals surface area contributed by atoms with Crippen LogP contribution in [-0.2, 0) is 14.3 Å². The van der Waals surface area contributed by atoms with E-state index in [1.54, 1.807) is 0 Å². The van der Waals surface area contributed by atoms with Gasteiger partial charge in [0, 0.05) is 19.6 Å². The van der Waals surface area contributed by atoms with Gasteiger partial charge in [0.05, 0.1) is 13.2 Å². The third-order valence-corrected chi connectivity index (χ3v) is 3.73. The number of amides is 1. The van der Waals surface area contributed by atoms with Gasteiger partial charge in [-0.15, -0.1) is 0 Å². The Balaban J connectivity index is 2.16. The Hall–Kier alpha value is -0.870. The van der Waals surface area contributed by atoms with Gasteiger partial charge in [-0.05, 0) is 37.5 Å². The fraction of sp³-hybridized carbons (Fsp3) is 0.812. The first kappa shape index (κ1) is 17.2. The van der Waals surface area contributed by atoms with Crippen molar-refractivity contribution in [2.75, 3.05) is 26.4 Å². The fourth-order valence-electron chi connectivity index (χ4n) is 2.40. The predicted octanol–water partition coefficient (Wildman–Crippen LogP) is 2.67. The van der Waals surface area contributed by atoms with Gasteiger partial charge >= 0.3 is 0 Å². The molecular formula is C16H29NO3. The van der Waals surface area contributed by atoms with Crippen molar-refractivity contribution in [3.63, 3.8) is 0 Å². The van der Waals surface area contributed by atoms with Crippen LogP contribution in [0.25, 0.3) is 0 Å². The van der Waals surface area contributed by atoms with Crippen molar-refractivity contribution in [1.82, 2.24) is 0 Å². The summed E-state index contributed by atoms with van der Waals surface area (Å²) in [4.78, 5) is 10.6. The first-order valence-corrected chi connectivity index (χ1v) is 7.82. The first-order valence-electron chi connectivity index (χ1n) is 7.82. The van der Waals surface area contributed by atoms with Crippen LogP contribution in [0.4, 0.5) is 0 Å². The molecule has 1 unspecified atom stereocenters. The van der Waals surface area contributed by atoms with E-state index in [-0.39, 0.29) is 5.91 Å². The maximum Gasteiger partial charge on any atom is 0.217 e. The number of rotatable bonds is 11. The van der Waals surface area contributed by atoms with Crippen molar-refractivity contribution in [1.29, 1.82) is 0 Å². The quantitative estimate of drug-likeness (QED) is 0.468. The molecule has 2 N–H and O–H groups in total. The van der Waals surface area contributed by atoms with E-state index in [1.807, 2.05) is 0 Å². The van der Waals surface area contributed by atoms with Crippen LogP contribution in [0.15, 0.2) is 12.2 Å². The van der Waals surface area contributed by atoms with E-state index in [0.717, 1.165) is 45.5 Å². The van der Waals surface area contributed by atoms with Crippen LogP contribution < -0.4 is 5.73 Å². The number of hydrogen-bond acceptors (Lipinski definition) is 3. The molecule has 0 heterocycles. The van der Waals surface area contributed by atoms with Crippen molar-refractivity contribution in [2.24, 2.45) is 17.6 Å². The van der Waals surface area contributed by atoms with Gasteiger partial charge < -0.3 is 15.2 Å². The Morgan fingerprint density at radius 1 is 1.10 bits per heavy atom. The van der Waals surface area contributed by atoms with Crippen LogP contribution in [0.2, 0.25) is 0 Å². The lowest BCUT2D eigenvalue weighted by molar-refractivity contribution is -0.118. The fourth-order valence-corrected chi connectivity index (χ4v) is 2.40. The molecule has 0 saturated heterocycles. The van der Waals surface area contributed by atoms with Crippen molar-refractivity contribution in [3.05, 3.63) is 12.2 Å². The van der Waals surface area contributed by atoms with Crippen molar-refractivity contribution in [3.8, 4) is 0 Å². The van der Waals surface area contributed by atoms with Crippen LogP contribution in [0.1, 0.15) is 45.4 Å². The van der Waals surface area contributed by atoms with E-state index in [9.17, 15) is 4.79 Å². The number of primary amides is 1. The molecular weight excluding hydrogens is 254 g/mol. The zero-order valence-corrected chi connectivity index (χ0v) is 12.7. The van der Waals surface area contributed by atoms with Gasteiger partial charge in [-0.1, -0.05) is 25.5 Å². The smallest absolute Gasteiger partial charge is 0.217 e. The Morgan fingerprint density at radius 2 is 1.65 bits per heavy atom. The Labute approximate surface area is 122 Å². The lowest BCUT2D eigenvalue weighted by Gasteiger charge is -2.28. The molecule has 1 amide bonds. The molecule has 0 aromatic heterocycles. The highest BCUT2D eigenvalue weighted by Crippen LogP contribution is 2.26. The minimum Gasteiger partial charge on any atom is -0.381 e. The normalized spacial score (nSPS) is 22.1.